The number of aryl methyl sites for hydroxylation is 2. The summed E-state index contributed by atoms with van der Waals surface area (Å²) in [6.07, 6.45) is 0.175. The molecular formula is C16H25N3O3S. The van der Waals surface area contributed by atoms with Gasteiger partial charge in [-0.05, 0) is 38.0 Å². The van der Waals surface area contributed by atoms with Gasteiger partial charge in [-0.25, -0.2) is 13.1 Å². The van der Waals surface area contributed by atoms with Crippen molar-refractivity contribution in [3.05, 3.63) is 29.3 Å². The number of benzene rings is 1. The van der Waals surface area contributed by atoms with Crippen LogP contribution in [0.3, 0.4) is 0 Å². The Balaban J connectivity index is 1.94. The summed E-state index contributed by atoms with van der Waals surface area (Å²) in [7, 11) is -3.59. The average Bonchev–Trinajstić information content (AvgIpc) is 2.49. The highest BCUT2D eigenvalue weighted by atomic mass is 32.2. The van der Waals surface area contributed by atoms with E-state index in [-0.39, 0.29) is 29.8 Å². The smallest absolute Gasteiger partial charge is 0.240 e. The van der Waals surface area contributed by atoms with Crippen LogP contribution in [-0.2, 0) is 14.8 Å². The fourth-order valence-electron chi connectivity index (χ4n) is 2.72. The van der Waals surface area contributed by atoms with E-state index in [9.17, 15) is 13.2 Å². The Morgan fingerprint density at radius 1 is 1.39 bits per heavy atom. The number of carbonyl (C=O) groups excluding carboxylic acids is 1. The molecule has 0 aromatic heterocycles. The Morgan fingerprint density at radius 2 is 2.13 bits per heavy atom. The minimum atomic E-state index is -3.59. The van der Waals surface area contributed by atoms with Crippen LogP contribution in [0.2, 0.25) is 0 Å². The van der Waals surface area contributed by atoms with E-state index in [0.717, 1.165) is 18.7 Å². The van der Waals surface area contributed by atoms with Crippen molar-refractivity contribution >= 4 is 15.9 Å². The molecule has 0 bridgehead atoms. The Bertz CT molecular complexity index is 673. The van der Waals surface area contributed by atoms with Gasteiger partial charge in [0, 0.05) is 38.6 Å². The number of rotatable bonds is 5. The molecule has 1 aliphatic heterocycles. The highest BCUT2D eigenvalue weighted by molar-refractivity contribution is 7.89. The minimum absolute atomic E-state index is 0.0114. The number of nitrogens with zero attached hydrogens (tertiary/aromatic N) is 1. The third-order valence-electron chi connectivity index (χ3n) is 4.09. The maximum Gasteiger partial charge on any atom is 0.240 e. The topological polar surface area (TPSA) is 78.5 Å². The number of hydrogen-bond donors (Lipinski definition) is 2. The maximum absolute atomic E-state index is 12.4. The van der Waals surface area contributed by atoms with E-state index in [1.54, 1.807) is 19.1 Å². The summed E-state index contributed by atoms with van der Waals surface area (Å²) in [5, 5.41) is 3.23. The second-order valence-corrected chi connectivity index (χ2v) is 7.79. The zero-order valence-corrected chi connectivity index (χ0v) is 14.7. The van der Waals surface area contributed by atoms with Crippen molar-refractivity contribution in [3.8, 4) is 0 Å². The Labute approximate surface area is 138 Å². The minimum Gasteiger partial charge on any atom is -0.337 e. The van der Waals surface area contributed by atoms with E-state index in [2.05, 4.69) is 10.0 Å². The van der Waals surface area contributed by atoms with Gasteiger partial charge in [-0.15, -0.1) is 0 Å². The molecule has 0 saturated carbocycles. The van der Waals surface area contributed by atoms with E-state index < -0.39 is 10.0 Å². The lowest BCUT2D eigenvalue weighted by molar-refractivity contribution is -0.133. The predicted molar refractivity (Wildman–Crippen MR) is 89.8 cm³/mol. The van der Waals surface area contributed by atoms with Crippen molar-refractivity contribution in [2.45, 2.75) is 38.1 Å². The van der Waals surface area contributed by atoms with Gasteiger partial charge in [0.25, 0.3) is 0 Å². The van der Waals surface area contributed by atoms with E-state index >= 15 is 0 Å². The molecule has 128 valence electrons. The lowest BCUT2D eigenvalue weighted by Gasteiger charge is -2.34. The van der Waals surface area contributed by atoms with Crippen LogP contribution in [0.15, 0.2) is 23.1 Å². The number of carbonyl (C=O) groups is 1. The summed E-state index contributed by atoms with van der Waals surface area (Å²) in [4.78, 5) is 14.3. The third-order valence-corrected chi connectivity index (χ3v) is 5.69. The molecule has 1 fully saturated rings. The van der Waals surface area contributed by atoms with Gasteiger partial charge in [0.1, 0.15) is 0 Å². The third kappa shape index (κ3) is 4.53. The first-order valence-corrected chi connectivity index (χ1v) is 9.36. The predicted octanol–water partition coefficient (Wildman–Crippen LogP) is 0.792. The molecule has 1 amide bonds. The van der Waals surface area contributed by atoms with E-state index in [1.165, 1.54) is 0 Å². The fraction of sp³-hybridized carbons (Fsp3) is 0.562. The lowest BCUT2D eigenvalue weighted by Crippen LogP contribution is -2.52. The quantitative estimate of drug-likeness (QED) is 0.831. The Hall–Kier alpha value is -1.44. The zero-order chi connectivity index (χ0) is 17.0. The second-order valence-electron chi connectivity index (χ2n) is 6.06. The summed E-state index contributed by atoms with van der Waals surface area (Å²) in [6.45, 7) is 7.96. The SMILES string of the molecule is Cc1ccc(C)c(S(=O)(=O)NCCC(=O)N2CCNC[C@@H]2C)c1. The molecule has 0 spiro atoms. The van der Waals surface area contributed by atoms with Crippen LogP contribution in [0.25, 0.3) is 0 Å². The Kier molecular flexibility index (Phi) is 5.78. The van der Waals surface area contributed by atoms with E-state index in [0.29, 0.717) is 12.1 Å². The largest absolute Gasteiger partial charge is 0.337 e. The highest BCUT2D eigenvalue weighted by Gasteiger charge is 2.23. The monoisotopic (exact) mass is 339 g/mol. The maximum atomic E-state index is 12.4. The van der Waals surface area contributed by atoms with Crippen LogP contribution in [0, 0.1) is 13.8 Å². The molecule has 7 heteroatoms. The molecule has 1 atom stereocenters. The molecule has 0 radical (unpaired) electrons. The molecule has 1 aromatic carbocycles. The first-order chi connectivity index (χ1) is 10.8. The molecule has 2 rings (SSSR count). The second kappa shape index (κ2) is 7.42. The summed E-state index contributed by atoms with van der Waals surface area (Å²) < 4.78 is 27.3. The van der Waals surface area contributed by atoms with Crippen molar-refractivity contribution in [2.75, 3.05) is 26.2 Å². The lowest BCUT2D eigenvalue weighted by atomic mass is 10.2. The molecule has 6 nitrogen and oxygen atoms in total. The summed E-state index contributed by atoms with van der Waals surface area (Å²) >= 11 is 0. The molecule has 0 unspecified atom stereocenters. The van der Waals surface area contributed by atoms with Gasteiger partial charge in [0.2, 0.25) is 15.9 Å². The van der Waals surface area contributed by atoms with Crippen molar-refractivity contribution < 1.29 is 13.2 Å². The van der Waals surface area contributed by atoms with Crippen LogP contribution in [-0.4, -0.2) is 51.4 Å². The number of hydrogen-bond acceptors (Lipinski definition) is 4. The molecule has 1 saturated heterocycles. The zero-order valence-electron chi connectivity index (χ0n) is 13.9. The summed E-state index contributed by atoms with van der Waals surface area (Å²) in [6, 6.07) is 5.46. The fourth-order valence-corrected chi connectivity index (χ4v) is 4.08. The van der Waals surface area contributed by atoms with E-state index in [1.807, 2.05) is 24.8 Å². The number of amides is 1. The van der Waals surface area contributed by atoms with Gasteiger partial charge < -0.3 is 10.2 Å². The first-order valence-electron chi connectivity index (χ1n) is 7.88. The molecule has 0 aliphatic carbocycles. The van der Waals surface area contributed by atoms with Crippen LogP contribution in [0.5, 0.6) is 0 Å². The van der Waals surface area contributed by atoms with Crippen molar-refractivity contribution in [2.24, 2.45) is 0 Å². The van der Waals surface area contributed by atoms with Gasteiger partial charge in [-0.3, -0.25) is 4.79 Å². The average molecular weight is 339 g/mol. The van der Waals surface area contributed by atoms with Crippen LogP contribution in [0.4, 0.5) is 0 Å². The van der Waals surface area contributed by atoms with Crippen molar-refractivity contribution in [3.63, 3.8) is 0 Å². The molecule has 1 aliphatic rings. The standard InChI is InChI=1S/C16H25N3O3S/c1-12-4-5-13(2)15(10-12)23(21,22)18-7-6-16(20)19-9-8-17-11-14(19)3/h4-5,10,14,17-18H,6-9,11H2,1-3H3/t14-/m0/s1. The van der Waals surface area contributed by atoms with Crippen molar-refractivity contribution in [1.29, 1.82) is 0 Å². The highest BCUT2D eigenvalue weighted by Crippen LogP contribution is 2.16. The van der Waals surface area contributed by atoms with Gasteiger partial charge >= 0.3 is 0 Å². The molecular weight excluding hydrogens is 314 g/mol. The molecule has 1 heterocycles. The first kappa shape index (κ1) is 17.9. The van der Waals surface area contributed by atoms with Gasteiger partial charge in [0.05, 0.1) is 4.90 Å². The van der Waals surface area contributed by atoms with Gasteiger partial charge in [0.15, 0.2) is 0 Å². The Morgan fingerprint density at radius 3 is 2.83 bits per heavy atom. The number of sulfonamides is 1. The molecule has 1 aromatic rings. The van der Waals surface area contributed by atoms with Gasteiger partial charge in [-0.1, -0.05) is 12.1 Å². The van der Waals surface area contributed by atoms with Crippen LogP contribution in [0.1, 0.15) is 24.5 Å². The van der Waals surface area contributed by atoms with Crippen LogP contribution >= 0.6 is 0 Å². The summed E-state index contributed by atoms with van der Waals surface area (Å²) in [5.74, 6) is -0.0114. The van der Waals surface area contributed by atoms with E-state index in [4.69, 9.17) is 0 Å². The molecule has 23 heavy (non-hydrogen) atoms. The number of nitrogens with one attached hydrogen (secondary N) is 2. The van der Waals surface area contributed by atoms with Gasteiger partial charge in [-0.2, -0.15) is 0 Å². The number of piperazine rings is 1. The van der Waals surface area contributed by atoms with Crippen molar-refractivity contribution in [1.82, 2.24) is 14.9 Å². The van der Waals surface area contributed by atoms with Crippen LogP contribution < -0.4 is 10.0 Å². The summed E-state index contributed by atoms with van der Waals surface area (Å²) in [5.41, 5.74) is 1.59. The normalized spacial score (nSPS) is 18.9. The molecule has 2 N–H and O–H groups in total.